The number of hydrogen-bond acceptors (Lipinski definition) is 6. The fourth-order valence-corrected chi connectivity index (χ4v) is 4.28. The molecule has 6 nitrogen and oxygen atoms in total. The van der Waals surface area contributed by atoms with Gasteiger partial charge in [-0.15, -0.1) is 11.3 Å². The van der Waals surface area contributed by atoms with Crippen molar-refractivity contribution in [3.05, 3.63) is 51.7 Å². The number of nitrogens with zero attached hydrogens (tertiary/aromatic N) is 1. The summed E-state index contributed by atoms with van der Waals surface area (Å²) in [6, 6.07) is 10.7. The van der Waals surface area contributed by atoms with Gasteiger partial charge in [0.25, 0.3) is 5.91 Å². The number of fused-ring (bicyclic) bond motifs is 1. The highest BCUT2D eigenvalue weighted by Crippen LogP contribution is 2.30. The third-order valence-electron chi connectivity index (χ3n) is 4.49. The molecule has 1 aromatic heterocycles. The molecule has 0 saturated carbocycles. The average Bonchev–Trinajstić information content (AvgIpc) is 3.15. The molecule has 0 saturated heterocycles. The second-order valence-corrected chi connectivity index (χ2v) is 7.60. The molecule has 1 aliphatic rings. The standard InChI is InChI=1S/C21H23NO5S/c1-2-26-20(24)13-22(16-9-4-3-5-10-16)19(23)14-27-21(25)18-12-15-8-6-7-11-17(15)28-18/h3-5,9-10,12H,2,6-8,11,13-14H2,1H3. The lowest BCUT2D eigenvalue weighted by Crippen LogP contribution is -2.39. The molecule has 0 unspecified atom stereocenters. The molecule has 1 heterocycles. The number of carbonyl (C=O) groups excluding carboxylic acids is 3. The quantitative estimate of drug-likeness (QED) is 0.665. The Kier molecular flexibility index (Phi) is 6.81. The van der Waals surface area contributed by atoms with E-state index < -0.39 is 24.5 Å². The molecule has 3 rings (SSSR count). The Bertz CT molecular complexity index is 822. The number of carbonyl (C=O) groups is 3. The van der Waals surface area contributed by atoms with Gasteiger partial charge in [-0.05, 0) is 56.4 Å². The summed E-state index contributed by atoms with van der Waals surface area (Å²) in [5, 5.41) is 0. The van der Waals surface area contributed by atoms with Gasteiger partial charge in [0.2, 0.25) is 0 Å². The van der Waals surface area contributed by atoms with Gasteiger partial charge in [0, 0.05) is 10.6 Å². The Labute approximate surface area is 168 Å². The van der Waals surface area contributed by atoms with E-state index in [-0.39, 0.29) is 13.2 Å². The summed E-state index contributed by atoms with van der Waals surface area (Å²) in [7, 11) is 0. The van der Waals surface area contributed by atoms with Crippen molar-refractivity contribution in [1.82, 2.24) is 0 Å². The van der Waals surface area contributed by atoms with Crippen molar-refractivity contribution in [2.24, 2.45) is 0 Å². The number of thiophene rings is 1. The van der Waals surface area contributed by atoms with Crippen LogP contribution in [-0.4, -0.2) is 37.6 Å². The highest BCUT2D eigenvalue weighted by atomic mass is 32.1. The topological polar surface area (TPSA) is 72.9 Å². The molecule has 0 spiro atoms. The van der Waals surface area contributed by atoms with Crippen LogP contribution in [0.3, 0.4) is 0 Å². The molecule has 1 amide bonds. The Balaban J connectivity index is 1.65. The molecular weight excluding hydrogens is 378 g/mol. The second kappa shape index (κ2) is 9.50. The van der Waals surface area contributed by atoms with Crippen molar-refractivity contribution < 1.29 is 23.9 Å². The first-order chi connectivity index (χ1) is 13.6. The first-order valence-corrected chi connectivity index (χ1v) is 10.2. The zero-order valence-corrected chi connectivity index (χ0v) is 16.6. The number of para-hydroxylation sites is 1. The van der Waals surface area contributed by atoms with E-state index in [1.165, 1.54) is 26.7 Å². The summed E-state index contributed by atoms with van der Waals surface area (Å²) in [6.45, 7) is 1.26. The molecule has 0 bridgehead atoms. The minimum absolute atomic E-state index is 0.230. The molecule has 0 N–H and O–H groups in total. The highest BCUT2D eigenvalue weighted by Gasteiger charge is 2.23. The maximum atomic E-state index is 12.7. The summed E-state index contributed by atoms with van der Waals surface area (Å²) >= 11 is 1.44. The zero-order valence-electron chi connectivity index (χ0n) is 15.8. The summed E-state index contributed by atoms with van der Waals surface area (Å²) in [4.78, 5) is 39.9. The van der Waals surface area contributed by atoms with Crippen molar-refractivity contribution in [3.63, 3.8) is 0 Å². The van der Waals surface area contributed by atoms with E-state index in [1.54, 1.807) is 31.2 Å². The monoisotopic (exact) mass is 401 g/mol. The Hall–Kier alpha value is -2.67. The van der Waals surface area contributed by atoms with Gasteiger partial charge in [0.1, 0.15) is 11.4 Å². The van der Waals surface area contributed by atoms with E-state index in [0.717, 1.165) is 25.7 Å². The SMILES string of the molecule is CCOC(=O)CN(C(=O)COC(=O)c1cc2c(s1)CCCC2)c1ccccc1. The van der Waals surface area contributed by atoms with Crippen LogP contribution in [-0.2, 0) is 31.9 Å². The normalized spacial score (nSPS) is 12.8. The molecule has 28 heavy (non-hydrogen) atoms. The summed E-state index contributed by atoms with van der Waals surface area (Å²) in [5.41, 5.74) is 1.76. The number of rotatable bonds is 7. The molecule has 148 valence electrons. The Morgan fingerprint density at radius 3 is 2.54 bits per heavy atom. The van der Waals surface area contributed by atoms with Gasteiger partial charge in [-0.3, -0.25) is 14.5 Å². The first-order valence-electron chi connectivity index (χ1n) is 9.38. The Morgan fingerprint density at radius 2 is 1.82 bits per heavy atom. The van der Waals surface area contributed by atoms with E-state index in [1.807, 2.05) is 12.1 Å². The maximum Gasteiger partial charge on any atom is 0.348 e. The summed E-state index contributed by atoms with van der Waals surface area (Å²) in [5.74, 6) is -1.50. The first kappa shape index (κ1) is 20.1. The van der Waals surface area contributed by atoms with E-state index in [0.29, 0.717) is 10.6 Å². The van der Waals surface area contributed by atoms with Gasteiger partial charge in [0.15, 0.2) is 6.61 Å². The Morgan fingerprint density at radius 1 is 1.07 bits per heavy atom. The van der Waals surface area contributed by atoms with Gasteiger partial charge < -0.3 is 9.47 Å². The smallest absolute Gasteiger partial charge is 0.348 e. The van der Waals surface area contributed by atoms with E-state index >= 15 is 0 Å². The molecule has 7 heteroatoms. The molecule has 2 aromatic rings. The fourth-order valence-electron chi connectivity index (χ4n) is 3.13. The number of ether oxygens (including phenoxy) is 2. The second-order valence-electron chi connectivity index (χ2n) is 6.46. The third-order valence-corrected chi connectivity index (χ3v) is 5.70. The van der Waals surface area contributed by atoms with Gasteiger partial charge >= 0.3 is 11.9 Å². The number of aryl methyl sites for hydroxylation is 2. The molecule has 0 fully saturated rings. The van der Waals surface area contributed by atoms with Crippen LogP contribution in [0.4, 0.5) is 5.69 Å². The predicted octanol–water partition coefficient (Wildman–Crippen LogP) is 3.38. The van der Waals surface area contributed by atoms with Crippen molar-refractivity contribution in [1.29, 1.82) is 0 Å². The van der Waals surface area contributed by atoms with Gasteiger partial charge in [-0.25, -0.2) is 4.79 Å². The largest absolute Gasteiger partial charge is 0.465 e. The lowest BCUT2D eigenvalue weighted by atomic mass is 9.99. The fraction of sp³-hybridized carbons (Fsp3) is 0.381. The van der Waals surface area contributed by atoms with Crippen molar-refractivity contribution in [3.8, 4) is 0 Å². The predicted molar refractivity (Wildman–Crippen MR) is 107 cm³/mol. The minimum Gasteiger partial charge on any atom is -0.465 e. The third kappa shape index (κ3) is 4.98. The highest BCUT2D eigenvalue weighted by molar-refractivity contribution is 7.14. The number of amides is 1. The van der Waals surface area contributed by atoms with Crippen molar-refractivity contribution in [2.45, 2.75) is 32.6 Å². The van der Waals surface area contributed by atoms with E-state index in [2.05, 4.69) is 0 Å². The summed E-state index contributed by atoms with van der Waals surface area (Å²) < 4.78 is 10.2. The minimum atomic E-state index is -0.517. The van der Waals surface area contributed by atoms with Crippen LogP contribution in [0.5, 0.6) is 0 Å². The van der Waals surface area contributed by atoms with E-state index in [4.69, 9.17) is 9.47 Å². The van der Waals surface area contributed by atoms with Crippen LogP contribution in [0.1, 0.15) is 39.9 Å². The van der Waals surface area contributed by atoms with Crippen LogP contribution in [0, 0.1) is 0 Å². The maximum absolute atomic E-state index is 12.7. The van der Waals surface area contributed by atoms with Crippen molar-refractivity contribution >= 4 is 34.9 Å². The van der Waals surface area contributed by atoms with Crippen LogP contribution in [0.25, 0.3) is 0 Å². The lowest BCUT2D eigenvalue weighted by molar-refractivity contribution is -0.142. The van der Waals surface area contributed by atoms with Crippen LogP contribution in [0.2, 0.25) is 0 Å². The van der Waals surface area contributed by atoms with Crippen LogP contribution < -0.4 is 4.90 Å². The van der Waals surface area contributed by atoms with Crippen molar-refractivity contribution in [2.75, 3.05) is 24.7 Å². The molecule has 0 radical (unpaired) electrons. The molecule has 0 aliphatic heterocycles. The van der Waals surface area contributed by atoms with Gasteiger partial charge in [-0.2, -0.15) is 0 Å². The molecular formula is C21H23NO5S. The molecule has 1 aromatic carbocycles. The molecule has 1 aliphatic carbocycles. The number of esters is 2. The zero-order chi connectivity index (χ0) is 19.9. The average molecular weight is 401 g/mol. The summed E-state index contributed by atoms with van der Waals surface area (Å²) in [6.07, 6.45) is 4.25. The van der Waals surface area contributed by atoms with Crippen LogP contribution >= 0.6 is 11.3 Å². The number of hydrogen-bond donors (Lipinski definition) is 0. The number of benzene rings is 1. The van der Waals surface area contributed by atoms with Gasteiger partial charge in [0.05, 0.1) is 6.61 Å². The van der Waals surface area contributed by atoms with Gasteiger partial charge in [-0.1, -0.05) is 18.2 Å². The molecule has 0 atom stereocenters. The lowest BCUT2D eigenvalue weighted by Gasteiger charge is -2.21. The van der Waals surface area contributed by atoms with Crippen LogP contribution in [0.15, 0.2) is 36.4 Å². The number of anilines is 1. The van der Waals surface area contributed by atoms with E-state index in [9.17, 15) is 14.4 Å².